The average Bonchev–Trinajstić information content (AvgIpc) is 3.43. The molecular formula is C24H22N4O3S. The zero-order valence-electron chi connectivity index (χ0n) is 18.0. The van der Waals surface area contributed by atoms with Crippen LogP contribution >= 0.6 is 11.3 Å². The first-order chi connectivity index (χ1) is 15.7. The third-order valence-corrected chi connectivity index (χ3v) is 6.27. The van der Waals surface area contributed by atoms with E-state index >= 15 is 0 Å². The van der Waals surface area contributed by atoms with Crippen molar-refractivity contribution in [1.82, 2.24) is 14.6 Å². The Morgan fingerprint density at radius 3 is 2.66 bits per heavy atom. The van der Waals surface area contributed by atoms with Gasteiger partial charge in [-0.1, -0.05) is 12.1 Å². The van der Waals surface area contributed by atoms with Crippen LogP contribution in [0.5, 0.6) is 17.2 Å². The molecule has 0 bridgehead atoms. The summed E-state index contributed by atoms with van der Waals surface area (Å²) in [6, 6.07) is 17.8. The molecule has 0 unspecified atom stereocenters. The number of imidazole rings is 1. The first kappa shape index (κ1) is 20.1. The van der Waals surface area contributed by atoms with Crippen LogP contribution in [0.2, 0.25) is 0 Å². The summed E-state index contributed by atoms with van der Waals surface area (Å²) in [5.74, 6) is 2.92. The second-order valence-corrected chi connectivity index (χ2v) is 8.10. The first-order valence-corrected chi connectivity index (χ1v) is 11.0. The molecule has 32 heavy (non-hydrogen) atoms. The summed E-state index contributed by atoms with van der Waals surface area (Å²) in [7, 11) is 3.23. The van der Waals surface area contributed by atoms with E-state index in [4.69, 9.17) is 19.3 Å². The maximum Gasteiger partial charge on any atom is 0.162 e. The summed E-state index contributed by atoms with van der Waals surface area (Å²) in [4.78, 5) is 5.61. The van der Waals surface area contributed by atoms with Crippen LogP contribution < -0.4 is 19.5 Å². The number of hydrogen-bond acceptors (Lipinski definition) is 7. The van der Waals surface area contributed by atoms with Gasteiger partial charge < -0.3 is 19.5 Å². The molecule has 5 aromatic rings. The van der Waals surface area contributed by atoms with Crippen molar-refractivity contribution in [3.8, 4) is 27.8 Å². The van der Waals surface area contributed by atoms with Gasteiger partial charge in [0.05, 0.1) is 36.6 Å². The number of nitrogens with one attached hydrogen (secondary N) is 1. The summed E-state index contributed by atoms with van der Waals surface area (Å²) in [6.07, 6.45) is 1.85. The molecule has 0 saturated carbocycles. The van der Waals surface area contributed by atoms with Gasteiger partial charge in [-0.3, -0.25) is 0 Å². The number of methoxy groups -OCH3 is 2. The van der Waals surface area contributed by atoms with E-state index in [-0.39, 0.29) is 0 Å². The molecule has 3 aromatic heterocycles. The highest BCUT2D eigenvalue weighted by Gasteiger charge is 2.14. The van der Waals surface area contributed by atoms with Crippen molar-refractivity contribution < 1.29 is 14.2 Å². The van der Waals surface area contributed by atoms with Crippen molar-refractivity contribution >= 4 is 38.6 Å². The molecule has 0 saturated heterocycles. The molecule has 0 radical (unpaired) electrons. The van der Waals surface area contributed by atoms with Gasteiger partial charge in [0.15, 0.2) is 23.0 Å². The SMILES string of the molecule is CCOc1cccc2cc(-c3cnc4ccc(Nc5ccc(OC)c(OC)c5)nn34)sc12. The standard InChI is InChI=1S/C24H22N4O3S/c1-4-31-19-7-5-6-15-12-21(32-24(15)19)17-14-25-23-11-10-22(27-28(17)23)26-16-8-9-18(29-2)20(13-16)30-3/h5-14H,4H2,1-3H3,(H,26,27). The number of fused-ring (bicyclic) bond motifs is 2. The lowest BCUT2D eigenvalue weighted by Gasteiger charge is -2.11. The fraction of sp³-hybridized carbons (Fsp3) is 0.167. The normalized spacial score (nSPS) is 11.1. The summed E-state index contributed by atoms with van der Waals surface area (Å²) < 4.78 is 19.5. The van der Waals surface area contributed by atoms with Crippen molar-refractivity contribution in [3.63, 3.8) is 0 Å². The molecular weight excluding hydrogens is 424 g/mol. The monoisotopic (exact) mass is 446 g/mol. The summed E-state index contributed by atoms with van der Waals surface area (Å²) in [6.45, 7) is 2.63. The lowest BCUT2D eigenvalue weighted by molar-refractivity contribution is 0.345. The molecule has 5 rings (SSSR count). The van der Waals surface area contributed by atoms with Gasteiger partial charge in [-0.2, -0.15) is 0 Å². The quantitative estimate of drug-likeness (QED) is 0.342. The largest absolute Gasteiger partial charge is 0.493 e. The van der Waals surface area contributed by atoms with Gasteiger partial charge in [0.1, 0.15) is 11.4 Å². The Balaban J connectivity index is 1.52. The minimum atomic E-state index is 0.634. The fourth-order valence-corrected chi connectivity index (χ4v) is 4.72. The van der Waals surface area contributed by atoms with Crippen LogP contribution in [0.1, 0.15) is 6.92 Å². The minimum absolute atomic E-state index is 0.634. The Labute approximate surface area is 189 Å². The van der Waals surface area contributed by atoms with Gasteiger partial charge in [0, 0.05) is 11.8 Å². The maximum absolute atomic E-state index is 5.80. The van der Waals surface area contributed by atoms with E-state index in [0.717, 1.165) is 37.7 Å². The molecule has 162 valence electrons. The minimum Gasteiger partial charge on any atom is -0.493 e. The third kappa shape index (κ3) is 3.58. The highest BCUT2D eigenvalue weighted by molar-refractivity contribution is 7.22. The highest BCUT2D eigenvalue weighted by Crippen LogP contribution is 2.39. The lowest BCUT2D eigenvalue weighted by atomic mass is 10.2. The number of thiophene rings is 1. The van der Waals surface area contributed by atoms with E-state index in [1.165, 1.54) is 0 Å². The second-order valence-electron chi connectivity index (χ2n) is 7.04. The number of nitrogens with zero attached hydrogens (tertiary/aromatic N) is 3. The molecule has 0 fully saturated rings. The van der Waals surface area contributed by atoms with Gasteiger partial charge >= 0.3 is 0 Å². The molecule has 8 heteroatoms. The molecule has 7 nitrogen and oxygen atoms in total. The Morgan fingerprint density at radius 1 is 0.969 bits per heavy atom. The summed E-state index contributed by atoms with van der Waals surface area (Å²) >= 11 is 1.68. The Hall–Kier alpha value is -3.78. The van der Waals surface area contributed by atoms with Crippen LogP contribution in [-0.2, 0) is 0 Å². The van der Waals surface area contributed by atoms with Gasteiger partial charge in [0.25, 0.3) is 0 Å². The topological polar surface area (TPSA) is 69.9 Å². The second kappa shape index (κ2) is 8.39. The number of anilines is 2. The smallest absolute Gasteiger partial charge is 0.162 e. The maximum atomic E-state index is 5.80. The summed E-state index contributed by atoms with van der Waals surface area (Å²) in [5.41, 5.74) is 2.55. The molecule has 3 heterocycles. The van der Waals surface area contributed by atoms with Crippen molar-refractivity contribution in [2.24, 2.45) is 0 Å². The van der Waals surface area contributed by atoms with Gasteiger partial charge in [-0.25, -0.2) is 9.50 Å². The van der Waals surface area contributed by atoms with Gasteiger partial charge in [0.2, 0.25) is 0 Å². The fourth-order valence-electron chi connectivity index (χ4n) is 3.60. The van der Waals surface area contributed by atoms with Crippen molar-refractivity contribution in [1.29, 1.82) is 0 Å². The van der Waals surface area contributed by atoms with Crippen LogP contribution in [0.4, 0.5) is 11.5 Å². The van der Waals surface area contributed by atoms with Gasteiger partial charge in [-0.05, 0) is 48.7 Å². The lowest BCUT2D eigenvalue weighted by Crippen LogP contribution is -2.00. The Morgan fingerprint density at radius 2 is 1.84 bits per heavy atom. The number of rotatable bonds is 7. The van der Waals surface area contributed by atoms with Crippen LogP contribution in [0.25, 0.3) is 26.3 Å². The highest BCUT2D eigenvalue weighted by atomic mass is 32.1. The van der Waals surface area contributed by atoms with E-state index in [2.05, 4.69) is 22.4 Å². The third-order valence-electron chi connectivity index (χ3n) is 5.08. The zero-order chi connectivity index (χ0) is 22.1. The predicted octanol–water partition coefficient (Wildman–Crippen LogP) is 5.77. The van der Waals surface area contributed by atoms with Gasteiger partial charge in [-0.15, -0.1) is 16.4 Å². The summed E-state index contributed by atoms with van der Waals surface area (Å²) in [5, 5.41) is 9.26. The Kier molecular flexibility index (Phi) is 5.28. The van der Waals surface area contributed by atoms with E-state index in [1.807, 2.05) is 60.1 Å². The molecule has 0 amide bonds. The molecule has 2 aromatic carbocycles. The first-order valence-electron chi connectivity index (χ1n) is 10.2. The van der Waals surface area contributed by atoms with E-state index in [9.17, 15) is 0 Å². The van der Waals surface area contributed by atoms with Crippen LogP contribution in [-0.4, -0.2) is 35.4 Å². The predicted molar refractivity (Wildman–Crippen MR) is 128 cm³/mol. The van der Waals surface area contributed by atoms with E-state index in [0.29, 0.717) is 23.9 Å². The Bertz CT molecular complexity index is 1410. The number of ether oxygens (including phenoxy) is 3. The van der Waals surface area contributed by atoms with Crippen molar-refractivity contribution in [2.75, 3.05) is 26.1 Å². The zero-order valence-corrected chi connectivity index (χ0v) is 18.8. The molecule has 0 aliphatic heterocycles. The van der Waals surface area contributed by atoms with Crippen LogP contribution in [0.15, 0.2) is 60.8 Å². The molecule has 0 aliphatic carbocycles. The molecule has 1 N–H and O–H groups in total. The number of hydrogen-bond donors (Lipinski definition) is 1. The van der Waals surface area contributed by atoms with Crippen molar-refractivity contribution in [3.05, 3.63) is 60.8 Å². The number of aromatic nitrogens is 3. The van der Waals surface area contributed by atoms with Crippen molar-refractivity contribution in [2.45, 2.75) is 6.92 Å². The number of benzene rings is 2. The molecule has 0 aliphatic rings. The molecule has 0 atom stereocenters. The van der Waals surface area contributed by atoms with Crippen LogP contribution in [0.3, 0.4) is 0 Å². The average molecular weight is 447 g/mol. The molecule has 0 spiro atoms. The van der Waals surface area contributed by atoms with E-state index in [1.54, 1.807) is 25.6 Å². The van der Waals surface area contributed by atoms with Crippen LogP contribution in [0, 0.1) is 0 Å². The van der Waals surface area contributed by atoms with E-state index < -0.39 is 0 Å².